The first-order chi connectivity index (χ1) is 10.5. The van der Waals surface area contributed by atoms with E-state index < -0.39 is 0 Å². The summed E-state index contributed by atoms with van der Waals surface area (Å²) in [7, 11) is 0. The number of benzene rings is 1. The molecular formula is C16H24N4O2. The van der Waals surface area contributed by atoms with Crippen molar-refractivity contribution >= 4 is 17.1 Å². The molecule has 120 valence electrons. The van der Waals surface area contributed by atoms with Gasteiger partial charge in [-0.1, -0.05) is 19.9 Å². The first-order valence-corrected chi connectivity index (χ1v) is 7.62. The van der Waals surface area contributed by atoms with E-state index in [0.29, 0.717) is 13.0 Å². The lowest BCUT2D eigenvalue weighted by Gasteiger charge is -2.20. The van der Waals surface area contributed by atoms with Gasteiger partial charge in [-0.25, -0.2) is 9.78 Å². The SMILES string of the molecule is Cc1ccc2nc([C@@H](NC(=O)NCCCO)C(C)C)[nH]c2c1. The van der Waals surface area contributed by atoms with Gasteiger partial charge in [-0.05, 0) is 37.0 Å². The monoisotopic (exact) mass is 304 g/mol. The van der Waals surface area contributed by atoms with Crippen molar-refractivity contribution < 1.29 is 9.90 Å². The molecular weight excluding hydrogens is 280 g/mol. The highest BCUT2D eigenvalue weighted by Gasteiger charge is 2.21. The molecule has 0 fully saturated rings. The molecule has 2 amide bonds. The van der Waals surface area contributed by atoms with Gasteiger partial charge in [-0.3, -0.25) is 0 Å². The van der Waals surface area contributed by atoms with Crippen LogP contribution in [0.3, 0.4) is 0 Å². The predicted octanol–water partition coefficient (Wildman–Crippen LogP) is 2.25. The number of carbonyl (C=O) groups is 1. The zero-order valence-electron chi connectivity index (χ0n) is 13.3. The third-order valence-electron chi connectivity index (χ3n) is 3.52. The Kier molecular flexibility index (Phi) is 5.38. The Morgan fingerprint density at radius 1 is 1.41 bits per heavy atom. The van der Waals surface area contributed by atoms with Gasteiger partial charge in [0.25, 0.3) is 0 Å². The van der Waals surface area contributed by atoms with Crippen LogP contribution in [0.15, 0.2) is 18.2 Å². The van der Waals surface area contributed by atoms with Crippen LogP contribution in [0.25, 0.3) is 11.0 Å². The van der Waals surface area contributed by atoms with Crippen LogP contribution in [0.2, 0.25) is 0 Å². The van der Waals surface area contributed by atoms with Crippen molar-refractivity contribution in [2.75, 3.05) is 13.2 Å². The molecule has 0 saturated carbocycles. The molecule has 1 aromatic heterocycles. The van der Waals surface area contributed by atoms with Crippen molar-refractivity contribution in [3.63, 3.8) is 0 Å². The van der Waals surface area contributed by atoms with E-state index in [1.54, 1.807) is 0 Å². The van der Waals surface area contributed by atoms with Crippen LogP contribution in [-0.4, -0.2) is 34.3 Å². The molecule has 4 N–H and O–H groups in total. The van der Waals surface area contributed by atoms with Crippen molar-refractivity contribution in [3.8, 4) is 0 Å². The topological polar surface area (TPSA) is 90.0 Å². The molecule has 6 nitrogen and oxygen atoms in total. The lowest BCUT2D eigenvalue weighted by Crippen LogP contribution is -2.40. The zero-order chi connectivity index (χ0) is 16.1. The molecule has 0 unspecified atom stereocenters. The van der Waals surface area contributed by atoms with Gasteiger partial charge in [0.1, 0.15) is 5.82 Å². The second-order valence-electron chi connectivity index (χ2n) is 5.84. The van der Waals surface area contributed by atoms with E-state index in [1.165, 1.54) is 5.56 Å². The predicted molar refractivity (Wildman–Crippen MR) is 86.6 cm³/mol. The molecule has 1 atom stereocenters. The number of hydrogen-bond donors (Lipinski definition) is 4. The fourth-order valence-corrected chi connectivity index (χ4v) is 2.31. The van der Waals surface area contributed by atoms with E-state index in [0.717, 1.165) is 16.9 Å². The summed E-state index contributed by atoms with van der Waals surface area (Å²) in [6.45, 7) is 6.63. The first-order valence-electron chi connectivity index (χ1n) is 7.62. The number of fused-ring (bicyclic) bond motifs is 1. The Morgan fingerprint density at radius 2 is 2.18 bits per heavy atom. The number of nitrogens with one attached hydrogen (secondary N) is 3. The fraction of sp³-hybridized carbons (Fsp3) is 0.500. The van der Waals surface area contributed by atoms with Crippen molar-refractivity contribution in [2.24, 2.45) is 5.92 Å². The number of hydrogen-bond acceptors (Lipinski definition) is 3. The molecule has 1 heterocycles. The minimum Gasteiger partial charge on any atom is -0.396 e. The summed E-state index contributed by atoms with van der Waals surface area (Å²) in [5.41, 5.74) is 3.04. The highest BCUT2D eigenvalue weighted by atomic mass is 16.3. The average molecular weight is 304 g/mol. The number of imidazole rings is 1. The van der Waals surface area contributed by atoms with Crippen molar-refractivity contribution in [3.05, 3.63) is 29.6 Å². The summed E-state index contributed by atoms with van der Waals surface area (Å²) < 4.78 is 0. The van der Waals surface area contributed by atoms with Gasteiger partial charge < -0.3 is 20.7 Å². The Balaban J connectivity index is 2.13. The summed E-state index contributed by atoms with van der Waals surface area (Å²) in [4.78, 5) is 19.8. The minimum absolute atomic E-state index is 0.0663. The van der Waals surface area contributed by atoms with E-state index >= 15 is 0 Å². The summed E-state index contributed by atoms with van der Waals surface area (Å²) in [5.74, 6) is 0.957. The molecule has 0 aliphatic rings. The molecule has 0 spiro atoms. The fourth-order valence-electron chi connectivity index (χ4n) is 2.31. The molecule has 22 heavy (non-hydrogen) atoms. The summed E-state index contributed by atoms with van der Waals surface area (Å²) in [5, 5.41) is 14.4. The van der Waals surface area contributed by atoms with Gasteiger partial charge >= 0.3 is 6.03 Å². The van der Waals surface area contributed by atoms with E-state index in [4.69, 9.17) is 5.11 Å². The van der Waals surface area contributed by atoms with Gasteiger partial charge in [0, 0.05) is 13.2 Å². The molecule has 0 aliphatic carbocycles. The van der Waals surface area contributed by atoms with Crippen molar-refractivity contribution in [1.29, 1.82) is 0 Å². The van der Waals surface area contributed by atoms with E-state index in [9.17, 15) is 4.79 Å². The summed E-state index contributed by atoms with van der Waals surface area (Å²) in [6.07, 6.45) is 0.545. The van der Waals surface area contributed by atoms with Crippen LogP contribution >= 0.6 is 0 Å². The Morgan fingerprint density at radius 3 is 2.86 bits per heavy atom. The number of amides is 2. The lowest BCUT2D eigenvalue weighted by molar-refractivity contribution is 0.230. The Hall–Kier alpha value is -2.08. The minimum atomic E-state index is -0.246. The van der Waals surface area contributed by atoms with Gasteiger partial charge in [-0.15, -0.1) is 0 Å². The van der Waals surface area contributed by atoms with Gasteiger partial charge in [-0.2, -0.15) is 0 Å². The molecule has 0 saturated heterocycles. The number of aryl methyl sites for hydroxylation is 1. The number of rotatable bonds is 6. The number of aromatic amines is 1. The maximum Gasteiger partial charge on any atom is 0.315 e. The van der Waals surface area contributed by atoms with Crippen molar-refractivity contribution in [2.45, 2.75) is 33.2 Å². The van der Waals surface area contributed by atoms with E-state index in [1.807, 2.05) is 39.0 Å². The number of aliphatic hydroxyl groups is 1. The lowest BCUT2D eigenvalue weighted by atomic mass is 10.0. The Labute approximate surface area is 130 Å². The van der Waals surface area contributed by atoms with Crippen LogP contribution in [0.4, 0.5) is 4.79 Å². The molecule has 2 aromatic rings. The number of carbonyl (C=O) groups excluding carboxylic acids is 1. The van der Waals surface area contributed by atoms with Crippen LogP contribution < -0.4 is 10.6 Å². The van der Waals surface area contributed by atoms with E-state index in [-0.39, 0.29) is 24.6 Å². The maximum atomic E-state index is 11.9. The third kappa shape index (κ3) is 3.98. The highest BCUT2D eigenvalue weighted by Crippen LogP contribution is 2.22. The zero-order valence-corrected chi connectivity index (χ0v) is 13.3. The molecule has 2 rings (SSSR count). The normalized spacial score (nSPS) is 12.6. The maximum absolute atomic E-state index is 11.9. The van der Waals surface area contributed by atoms with Crippen LogP contribution in [0, 0.1) is 12.8 Å². The standard InChI is InChI=1S/C16H24N4O2/c1-10(2)14(20-16(22)17-7-4-8-21)15-18-12-6-5-11(3)9-13(12)19-15/h5-6,9-10,14,21H,4,7-8H2,1-3H3,(H,18,19)(H2,17,20,22)/t14-/m0/s1. The molecule has 0 bridgehead atoms. The number of aromatic nitrogens is 2. The van der Waals surface area contributed by atoms with Crippen LogP contribution in [-0.2, 0) is 0 Å². The van der Waals surface area contributed by atoms with Crippen LogP contribution in [0.1, 0.15) is 37.7 Å². The van der Waals surface area contributed by atoms with Crippen molar-refractivity contribution in [1.82, 2.24) is 20.6 Å². The second kappa shape index (κ2) is 7.26. The van der Waals surface area contributed by atoms with Gasteiger partial charge in [0.15, 0.2) is 0 Å². The van der Waals surface area contributed by atoms with Crippen LogP contribution in [0.5, 0.6) is 0 Å². The first kappa shape index (κ1) is 16.3. The average Bonchev–Trinajstić information content (AvgIpc) is 2.87. The molecule has 0 aliphatic heterocycles. The molecule has 6 heteroatoms. The molecule has 0 radical (unpaired) electrons. The quantitative estimate of drug-likeness (QED) is 0.617. The highest BCUT2D eigenvalue weighted by molar-refractivity contribution is 5.77. The largest absolute Gasteiger partial charge is 0.396 e. The van der Waals surface area contributed by atoms with Gasteiger partial charge in [0.05, 0.1) is 17.1 Å². The Bertz CT molecular complexity index is 636. The third-order valence-corrected chi connectivity index (χ3v) is 3.52. The number of aliphatic hydroxyl groups excluding tert-OH is 1. The number of nitrogens with zero attached hydrogens (tertiary/aromatic N) is 1. The smallest absolute Gasteiger partial charge is 0.315 e. The number of urea groups is 1. The number of H-pyrrole nitrogens is 1. The van der Waals surface area contributed by atoms with E-state index in [2.05, 4.69) is 20.6 Å². The second-order valence-corrected chi connectivity index (χ2v) is 5.84. The summed E-state index contributed by atoms with van der Waals surface area (Å²) >= 11 is 0. The summed E-state index contributed by atoms with van der Waals surface area (Å²) in [6, 6.07) is 5.60. The molecule has 1 aromatic carbocycles. The van der Waals surface area contributed by atoms with Gasteiger partial charge in [0.2, 0.25) is 0 Å².